The summed E-state index contributed by atoms with van der Waals surface area (Å²) in [6.45, 7) is 2.15. The van der Waals surface area contributed by atoms with Gasteiger partial charge in [0.1, 0.15) is 42.9 Å². The number of rotatable bonds is 5. The molecular formula is C24H22B4O4S. The Kier molecular flexibility index (Phi) is 6.17. The van der Waals surface area contributed by atoms with E-state index in [1.807, 2.05) is 30.3 Å². The first kappa shape index (κ1) is 22.9. The lowest BCUT2D eigenvalue weighted by Crippen LogP contribution is -2.49. The number of carboxylic acid groups (broad SMARTS) is 1. The highest BCUT2D eigenvalue weighted by molar-refractivity contribution is 7.23. The van der Waals surface area contributed by atoms with Crippen LogP contribution in [0.4, 0.5) is 0 Å². The van der Waals surface area contributed by atoms with Crippen LogP contribution in [0.1, 0.15) is 11.1 Å². The van der Waals surface area contributed by atoms with Gasteiger partial charge < -0.3 is 14.9 Å². The van der Waals surface area contributed by atoms with Gasteiger partial charge in [-0.2, -0.15) is 0 Å². The monoisotopic (exact) mass is 450 g/mol. The molecule has 0 saturated carbocycles. The minimum Gasteiger partial charge on any atom is -0.508 e. The first-order valence-corrected chi connectivity index (χ1v) is 11.5. The Bertz CT molecular complexity index is 1400. The third-order valence-electron chi connectivity index (χ3n) is 6.37. The molecule has 160 valence electrons. The quantitative estimate of drug-likeness (QED) is 0.319. The van der Waals surface area contributed by atoms with E-state index in [1.54, 1.807) is 29.5 Å². The van der Waals surface area contributed by atoms with E-state index in [9.17, 15) is 9.90 Å². The van der Waals surface area contributed by atoms with E-state index < -0.39 is 5.97 Å². The Balaban J connectivity index is 1.88. The fraction of sp³-hybridized carbons (Fsp3) is 0.0417. The van der Waals surface area contributed by atoms with Gasteiger partial charge in [0.2, 0.25) is 0 Å². The molecule has 2 N–H and O–H groups in total. The van der Waals surface area contributed by atoms with Gasteiger partial charge in [0.15, 0.2) is 5.75 Å². The fourth-order valence-corrected chi connectivity index (χ4v) is 5.42. The number of phenolic OH excluding ortho intramolecular Hbond substituents is 1. The van der Waals surface area contributed by atoms with Crippen molar-refractivity contribution in [3.63, 3.8) is 0 Å². The normalized spacial score (nSPS) is 11.3. The van der Waals surface area contributed by atoms with E-state index >= 15 is 0 Å². The van der Waals surface area contributed by atoms with Gasteiger partial charge in [-0.1, -0.05) is 23.1 Å². The summed E-state index contributed by atoms with van der Waals surface area (Å²) in [5.41, 5.74) is 8.26. The summed E-state index contributed by atoms with van der Waals surface area (Å²) in [5.74, 6) is 0.661. The molecule has 1 heterocycles. The number of ether oxygens (including phenoxy) is 1. The summed E-state index contributed by atoms with van der Waals surface area (Å²) in [7, 11) is 8.63. The average Bonchev–Trinajstić information content (AvgIpc) is 3.12. The van der Waals surface area contributed by atoms with Crippen LogP contribution < -0.4 is 26.6 Å². The predicted octanol–water partition coefficient (Wildman–Crippen LogP) is -0.494. The number of fused-ring (bicyclic) bond motifs is 1. The van der Waals surface area contributed by atoms with Crippen molar-refractivity contribution < 1.29 is 19.7 Å². The van der Waals surface area contributed by atoms with E-state index in [-0.39, 0.29) is 5.75 Å². The second-order valence-electron chi connectivity index (χ2n) is 8.28. The standard InChI is InChI=1S/C24H22B4O4S/c1-11-18(20(26)22(28)21(27)19(11)25)24-23(15-8-5-13(29)10-16(15)33-24)32-14-6-2-12(3-7-14)4-9-17(30)31/h2-10,29H,25-28H2,1H3,(H,30,31)/b9-4+. The van der Waals surface area contributed by atoms with Gasteiger partial charge in [0, 0.05) is 16.2 Å². The van der Waals surface area contributed by atoms with E-state index in [0.717, 1.165) is 32.4 Å². The molecule has 0 fully saturated rings. The van der Waals surface area contributed by atoms with Crippen LogP contribution in [-0.4, -0.2) is 47.6 Å². The smallest absolute Gasteiger partial charge is 0.328 e. The van der Waals surface area contributed by atoms with Gasteiger partial charge in [-0.05, 0) is 60.0 Å². The molecule has 4 rings (SSSR count). The third kappa shape index (κ3) is 4.33. The predicted molar refractivity (Wildman–Crippen MR) is 150 cm³/mol. The molecule has 4 nitrogen and oxygen atoms in total. The van der Waals surface area contributed by atoms with E-state index in [1.165, 1.54) is 33.0 Å². The number of benzene rings is 3. The largest absolute Gasteiger partial charge is 0.508 e. The summed E-state index contributed by atoms with van der Waals surface area (Å²) >= 11 is 1.62. The van der Waals surface area contributed by atoms with E-state index in [4.69, 9.17) is 9.84 Å². The molecule has 0 aliphatic heterocycles. The number of hydrogen-bond acceptors (Lipinski definition) is 4. The van der Waals surface area contributed by atoms with Crippen LogP contribution >= 0.6 is 11.3 Å². The van der Waals surface area contributed by atoms with Crippen LogP contribution in [0.2, 0.25) is 0 Å². The lowest BCUT2D eigenvalue weighted by atomic mass is 9.63. The van der Waals surface area contributed by atoms with Crippen molar-refractivity contribution in [2.24, 2.45) is 0 Å². The minimum absolute atomic E-state index is 0.223. The van der Waals surface area contributed by atoms with Crippen molar-refractivity contribution in [3.8, 4) is 27.7 Å². The van der Waals surface area contributed by atoms with Crippen LogP contribution in [0, 0.1) is 6.92 Å². The zero-order valence-corrected chi connectivity index (χ0v) is 20.1. The molecule has 3 aromatic carbocycles. The number of thiophene rings is 1. The minimum atomic E-state index is -0.984. The molecule has 4 aromatic rings. The topological polar surface area (TPSA) is 66.8 Å². The van der Waals surface area contributed by atoms with Gasteiger partial charge in [0.25, 0.3) is 0 Å². The van der Waals surface area contributed by atoms with Crippen LogP contribution in [0.25, 0.3) is 26.6 Å². The van der Waals surface area contributed by atoms with Gasteiger partial charge >= 0.3 is 5.97 Å². The summed E-state index contributed by atoms with van der Waals surface area (Å²) in [5, 5.41) is 19.8. The molecule has 0 bridgehead atoms. The molecule has 0 aliphatic rings. The second kappa shape index (κ2) is 8.91. The maximum Gasteiger partial charge on any atom is 0.328 e. The zero-order chi connectivity index (χ0) is 23.9. The van der Waals surface area contributed by atoms with Crippen LogP contribution in [0.3, 0.4) is 0 Å². The maximum absolute atomic E-state index is 10.8. The Hall–Kier alpha value is -3.31. The zero-order valence-electron chi connectivity index (χ0n) is 19.3. The van der Waals surface area contributed by atoms with Crippen molar-refractivity contribution in [2.45, 2.75) is 6.92 Å². The molecule has 0 aliphatic carbocycles. The summed E-state index contributed by atoms with van der Waals surface area (Å²) in [6.07, 6.45) is 2.66. The highest BCUT2D eigenvalue weighted by Crippen LogP contribution is 2.47. The number of aromatic hydroxyl groups is 1. The first-order valence-electron chi connectivity index (χ1n) is 10.7. The lowest BCUT2D eigenvalue weighted by Gasteiger charge is -2.20. The number of hydrogen-bond donors (Lipinski definition) is 2. The number of carboxylic acids is 1. The van der Waals surface area contributed by atoms with Crippen molar-refractivity contribution in [1.29, 1.82) is 0 Å². The number of carbonyl (C=O) groups is 1. The first-order chi connectivity index (χ1) is 15.7. The molecule has 0 radical (unpaired) electrons. The third-order valence-corrected chi connectivity index (χ3v) is 7.52. The van der Waals surface area contributed by atoms with Crippen LogP contribution in [0.5, 0.6) is 17.2 Å². The van der Waals surface area contributed by atoms with E-state index in [2.05, 4.69) is 38.3 Å². The van der Waals surface area contributed by atoms with Crippen molar-refractivity contribution in [1.82, 2.24) is 0 Å². The molecular weight excluding hydrogens is 428 g/mol. The van der Waals surface area contributed by atoms with Crippen molar-refractivity contribution >= 4 is 86.7 Å². The summed E-state index contributed by atoms with van der Waals surface area (Å²) in [4.78, 5) is 11.8. The van der Waals surface area contributed by atoms with Gasteiger partial charge in [0.05, 0.1) is 4.88 Å². The summed E-state index contributed by atoms with van der Waals surface area (Å²) < 4.78 is 7.40. The molecule has 0 saturated heterocycles. The maximum atomic E-state index is 10.8. The van der Waals surface area contributed by atoms with Gasteiger partial charge in [-0.25, -0.2) is 4.79 Å². The van der Waals surface area contributed by atoms with Crippen molar-refractivity contribution in [2.75, 3.05) is 0 Å². The molecule has 0 amide bonds. The summed E-state index contributed by atoms with van der Waals surface area (Å²) in [6, 6.07) is 12.7. The number of aliphatic carboxylic acids is 1. The Morgan fingerprint density at radius 1 is 0.970 bits per heavy atom. The van der Waals surface area contributed by atoms with Crippen LogP contribution in [0.15, 0.2) is 48.5 Å². The van der Waals surface area contributed by atoms with E-state index in [0.29, 0.717) is 5.75 Å². The molecule has 0 atom stereocenters. The molecule has 1 aromatic heterocycles. The Morgan fingerprint density at radius 3 is 2.30 bits per heavy atom. The average molecular weight is 450 g/mol. The van der Waals surface area contributed by atoms with Crippen LogP contribution in [-0.2, 0) is 4.79 Å². The second-order valence-corrected chi connectivity index (χ2v) is 9.34. The molecule has 33 heavy (non-hydrogen) atoms. The number of phenols is 1. The Morgan fingerprint density at radius 2 is 1.64 bits per heavy atom. The van der Waals surface area contributed by atoms with Gasteiger partial charge in [-0.3, -0.25) is 0 Å². The SMILES string of the molecule is Bc1c(B)c(B)c(-c2sc3cc(O)ccc3c2Oc2ccc(/C=C/C(=O)O)cc2)c(C)c1B. The molecule has 0 unspecified atom stereocenters. The highest BCUT2D eigenvalue weighted by atomic mass is 32.1. The van der Waals surface area contributed by atoms with Gasteiger partial charge in [-0.15, -0.1) is 22.3 Å². The molecule has 9 heteroatoms. The lowest BCUT2D eigenvalue weighted by molar-refractivity contribution is -0.131. The fourth-order valence-electron chi connectivity index (χ4n) is 4.10. The van der Waals surface area contributed by atoms with Crippen molar-refractivity contribution in [3.05, 3.63) is 59.7 Å². The molecule has 0 spiro atoms. The highest BCUT2D eigenvalue weighted by Gasteiger charge is 2.22. The Labute approximate surface area is 200 Å².